The van der Waals surface area contributed by atoms with Crippen molar-refractivity contribution in [1.82, 2.24) is 15.1 Å². The highest BCUT2D eigenvalue weighted by molar-refractivity contribution is 6.35. The van der Waals surface area contributed by atoms with Gasteiger partial charge in [-0.3, -0.25) is 9.69 Å². The van der Waals surface area contributed by atoms with Gasteiger partial charge in [-0.15, -0.1) is 0 Å². The van der Waals surface area contributed by atoms with Crippen LogP contribution in [-0.4, -0.2) is 74.8 Å². The molecule has 9 heteroatoms. The van der Waals surface area contributed by atoms with Crippen LogP contribution in [0.1, 0.15) is 0 Å². The van der Waals surface area contributed by atoms with E-state index in [-0.39, 0.29) is 18.6 Å². The molecule has 1 saturated heterocycles. The van der Waals surface area contributed by atoms with Gasteiger partial charge in [0.15, 0.2) is 6.61 Å². The van der Waals surface area contributed by atoms with E-state index in [1.54, 1.807) is 23.1 Å². The van der Waals surface area contributed by atoms with Crippen LogP contribution in [0.2, 0.25) is 10.0 Å². The maximum atomic E-state index is 11.8. The number of halogens is 2. The summed E-state index contributed by atoms with van der Waals surface area (Å²) in [5, 5.41) is 3.67. The molecular formula is C16H21Cl2N3O4. The van der Waals surface area contributed by atoms with E-state index in [9.17, 15) is 9.59 Å². The van der Waals surface area contributed by atoms with E-state index >= 15 is 0 Å². The van der Waals surface area contributed by atoms with E-state index in [1.165, 1.54) is 7.11 Å². The van der Waals surface area contributed by atoms with Gasteiger partial charge in [0.05, 0.1) is 12.1 Å². The van der Waals surface area contributed by atoms with Gasteiger partial charge < -0.3 is 19.7 Å². The molecule has 0 unspecified atom stereocenters. The minimum Gasteiger partial charge on any atom is -0.482 e. The molecule has 0 saturated carbocycles. The van der Waals surface area contributed by atoms with Gasteiger partial charge in [-0.05, 0) is 18.2 Å². The SMILES string of the molecule is COC(=O)N1CCN(CCNC(=O)COc2ccc(Cl)cc2Cl)CC1. The summed E-state index contributed by atoms with van der Waals surface area (Å²) < 4.78 is 10.1. The Labute approximate surface area is 156 Å². The summed E-state index contributed by atoms with van der Waals surface area (Å²) in [6.07, 6.45) is -0.300. The maximum Gasteiger partial charge on any atom is 0.409 e. The third-order valence-electron chi connectivity index (χ3n) is 3.81. The van der Waals surface area contributed by atoms with Gasteiger partial charge in [0.1, 0.15) is 5.75 Å². The molecule has 1 heterocycles. The lowest BCUT2D eigenvalue weighted by atomic mass is 10.3. The highest BCUT2D eigenvalue weighted by atomic mass is 35.5. The Bertz CT molecular complexity index is 607. The molecule has 1 fully saturated rings. The number of benzene rings is 1. The van der Waals surface area contributed by atoms with Crippen molar-refractivity contribution >= 4 is 35.2 Å². The number of amides is 2. The molecule has 1 aliphatic rings. The first-order valence-corrected chi connectivity index (χ1v) is 8.65. The quantitative estimate of drug-likeness (QED) is 0.803. The van der Waals surface area contributed by atoms with Crippen molar-refractivity contribution in [2.24, 2.45) is 0 Å². The number of piperazine rings is 1. The van der Waals surface area contributed by atoms with Gasteiger partial charge in [-0.2, -0.15) is 0 Å². The number of ether oxygens (including phenoxy) is 2. The topological polar surface area (TPSA) is 71.1 Å². The maximum absolute atomic E-state index is 11.8. The van der Waals surface area contributed by atoms with Crippen LogP contribution >= 0.6 is 23.2 Å². The third-order valence-corrected chi connectivity index (χ3v) is 4.34. The molecule has 1 aliphatic heterocycles. The van der Waals surface area contributed by atoms with Crippen molar-refractivity contribution < 1.29 is 19.1 Å². The van der Waals surface area contributed by atoms with Gasteiger partial charge >= 0.3 is 6.09 Å². The van der Waals surface area contributed by atoms with Crippen molar-refractivity contribution in [2.75, 3.05) is 53.0 Å². The monoisotopic (exact) mass is 389 g/mol. The van der Waals surface area contributed by atoms with Gasteiger partial charge in [0, 0.05) is 44.3 Å². The summed E-state index contributed by atoms with van der Waals surface area (Å²) in [7, 11) is 1.38. The average Bonchev–Trinajstić information content (AvgIpc) is 2.61. The Hall–Kier alpha value is -1.70. The van der Waals surface area contributed by atoms with Crippen molar-refractivity contribution in [2.45, 2.75) is 0 Å². The summed E-state index contributed by atoms with van der Waals surface area (Å²) in [5.41, 5.74) is 0. The summed E-state index contributed by atoms with van der Waals surface area (Å²) in [6.45, 7) is 3.86. The number of hydrogen-bond acceptors (Lipinski definition) is 5. The number of nitrogens with one attached hydrogen (secondary N) is 1. The zero-order valence-electron chi connectivity index (χ0n) is 14.0. The predicted octanol–water partition coefficient (Wildman–Crippen LogP) is 1.87. The van der Waals surface area contributed by atoms with Crippen LogP contribution in [0.25, 0.3) is 0 Å². The average molecular weight is 390 g/mol. The molecule has 0 aliphatic carbocycles. The second kappa shape index (κ2) is 9.70. The van der Waals surface area contributed by atoms with E-state index in [4.69, 9.17) is 32.7 Å². The Morgan fingerprint density at radius 2 is 1.92 bits per heavy atom. The van der Waals surface area contributed by atoms with Crippen LogP contribution in [0.5, 0.6) is 5.75 Å². The van der Waals surface area contributed by atoms with Crippen LogP contribution in [0.15, 0.2) is 18.2 Å². The van der Waals surface area contributed by atoms with Gasteiger partial charge in [-0.25, -0.2) is 4.79 Å². The van der Waals surface area contributed by atoms with E-state index in [0.717, 1.165) is 13.1 Å². The largest absolute Gasteiger partial charge is 0.482 e. The molecule has 1 aromatic carbocycles. The summed E-state index contributed by atoms with van der Waals surface area (Å²) >= 11 is 11.8. The first kappa shape index (κ1) is 19.6. The molecule has 0 aromatic heterocycles. The predicted molar refractivity (Wildman–Crippen MR) is 95.4 cm³/mol. The fourth-order valence-electron chi connectivity index (χ4n) is 2.42. The van der Waals surface area contributed by atoms with Crippen LogP contribution < -0.4 is 10.1 Å². The summed E-state index contributed by atoms with van der Waals surface area (Å²) in [4.78, 5) is 27.1. The van der Waals surface area contributed by atoms with Crippen LogP contribution in [0.4, 0.5) is 4.79 Å². The molecule has 25 heavy (non-hydrogen) atoms. The molecule has 0 radical (unpaired) electrons. The van der Waals surface area contributed by atoms with E-state index in [1.807, 2.05) is 0 Å². The van der Waals surface area contributed by atoms with Crippen molar-refractivity contribution in [3.05, 3.63) is 28.2 Å². The number of rotatable bonds is 6. The lowest BCUT2D eigenvalue weighted by molar-refractivity contribution is -0.123. The highest BCUT2D eigenvalue weighted by Crippen LogP contribution is 2.27. The first-order chi connectivity index (χ1) is 12.0. The minimum absolute atomic E-state index is 0.114. The van der Waals surface area contributed by atoms with E-state index in [2.05, 4.69) is 10.2 Å². The van der Waals surface area contributed by atoms with Crippen molar-refractivity contribution in [1.29, 1.82) is 0 Å². The fraction of sp³-hybridized carbons (Fsp3) is 0.500. The number of nitrogens with zero attached hydrogens (tertiary/aromatic N) is 2. The number of hydrogen-bond donors (Lipinski definition) is 1. The molecule has 138 valence electrons. The van der Waals surface area contributed by atoms with Crippen LogP contribution in [-0.2, 0) is 9.53 Å². The summed E-state index contributed by atoms with van der Waals surface area (Å²) in [6, 6.07) is 4.83. The molecule has 0 atom stereocenters. The van der Waals surface area contributed by atoms with E-state index < -0.39 is 0 Å². The molecule has 1 aromatic rings. The Balaban J connectivity index is 1.62. The Kier molecular flexibility index (Phi) is 7.61. The number of methoxy groups -OCH3 is 1. The highest BCUT2D eigenvalue weighted by Gasteiger charge is 2.21. The van der Waals surface area contributed by atoms with Gasteiger partial charge in [0.25, 0.3) is 5.91 Å². The minimum atomic E-state index is -0.300. The second-order valence-corrected chi connectivity index (χ2v) is 6.36. The molecule has 2 amide bonds. The first-order valence-electron chi connectivity index (χ1n) is 7.89. The Morgan fingerprint density at radius 1 is 1.20 bits per heavy atom. The lowest BCUT2D eigenvalue weighted by Gasteiger charge is -2.33. The lowest BCUT2D eigenvalue weighted by Crippen LogP contribution is -2.50. The van der Waals surface area contributed by atoms with E-state index in [0.29, 0.717) is 42.0 Å². The zero-order chi connectivity index (χ0) is 18.2. The molecule has 1 N–H and O–H groups in total. The molecule has 0 bridgehead atoms. The van der Waals surface area contributed by atoms with Gasteiger partial charge in [-0.1, -0.05) is 23.2 Å². The normalized spacial score (nSPS) is 14.9. The summed E-state index contributed by atoms with van der Waals surface area (Å²) in [5.74, 6) is 0.194. The van der Waals surface area contributed by atoms with Crippen LogP contribution in [0.3, 0.4) is 0 Å². The standard InChI is InChI=1S/C16H21Cl2N3O4/c1-24-16(23)21-8-6-20(7-9-21)5-4-19-15(22)11-25-14-3-2-12(17)10-13(14)18/h2-3,10H,4-9,11H2,1H3,(H,19,22). The zero-order valence-corrected chi connectivity index (χ0v) is 15.5. The Morgan fingerprint density at radius 3 is 2.56 bits per heavy atom. The molecular weight excluding hydrogens is 369 g/mol. The smallest absolute Gasteiger partial charge is 0.409 e. The van der Waals surface area contributed by atoms with Crippen molar-refractivity contribution in [3.8, 4) is 5.75 Å². The molecule has 2 rings (SSSR count). The second-order valence-electron chi connectivity index (χ2n) is 5.51. The molecule has 7 nitrogen and oxygen atoms in total. The number of carbonyl (C=O) groups excluding carboxylic acids is 2. The van der Waals surface area contributed by atoms with Gasteiger partial charge in [0.2, 0.25) is 0 Å². The molecule has 0 spiro atoms. The number of carbonyl (C=O) groups is 2. The third kappa shape index (κ3) is 6.26. The fourth-order valence-corrected chi connectivity index (χ4v) is 2.89. The van der Waals surface area contributed by atoms with Crippen molar-refractivity contribution in [3.63, 3.8) is 0 Å². The van der Waals surface area contributed by atoms with Crippen LogP contribution in [0, 0.1) is 0 Å².